The van der Waals surface area contributed by atoms with Crippen LogP contribution in [0.3, 0.4) is 0 Å². The van der Waals surface area contributed by atoms with Crippen molar-refractivity contribution in [1.29, 1.82) is 0 Å². The molecule has 1 aromatic heterocycles. The third kappa shape index (κ3) is 2.10. The molecule has 0 saturated heterocycles. The molecule has 0 radical (unpaired) electrons. The monoisotopic (exact) mass is 278 g/mol. The van der Waals surface area contributed by atoms with E-state index in [0.29, 0.717) is 17.8 Å². The number of fused-ring (bicyclic) bond motifs is 1. The van der Waals surface area contributed by atoms with E-state index in [2.05, 4.69) is 20.6 Å². The van der Waals surface area contributed by atoms with Crippen LogP contribution in [0, 0.1) is 5.82 Å². The summed E-state index contributed by atoms with van der Waals surface area (Å²) in [4.78, 5) is 19.0. The molecule has 0 bridgehead atoms. The number of anilines is 2. The van der Waals surface area contributed by atoms with E-state index in [9.17, 15) is 9.18 Å². The molecule has 1 aliphatic rings. The summed E-state index contributed by atoms with van der Waals surface area (Å²) in [5, 5.41) is 5.41. The largest absolute Gasteiger partial charge is 0.348 e. The normalized spacial score (nSPS) is 13.1. The molecule has 0 saturated carbocycles. The van der Waals surface area contributed by atoms with Gasteiger partial charge in [-0.3, -0.25) is 4.79 Å². The first kappa shape index (κ1) is 11.9. The van der Waals surface area contributed by atoms with Gasteiger partial charge in [-0.25, -0.2) is 9.37 Å². The summed E-state index contributed by atoms with van der Waals surface area (Å²) in [5.41, 5.74) is 1.84. The molecule has 7 heteroatoms. The van der Waals surface area contributed by atoms with Gasteiger partial charge in [-0.1, -0.05) is 12.1 Å². The molecule has 1 aliphatic heterocycles. The number of nitrogens with one attached hydrogen (secondary N) is 2. The van der Waals surface area contributed by atoms with Crippen LogP contribution < -0.4 is 10.6 Å². The number of rotatable bonds is 2. The molecule has 0 unspecified atom stereocenters. The predicted molar refractivity (Wildman–Crippen MR) is 67.9 cm³/mol. The van der Waals surface area contributed by atoms with E-state index < -0.39 is 5.82 Å². The van der Waals surface area contributed by atoms with Gasteiger partial charge in [-0.2, -0.15) is 4.98 Å². The van der Waals surface area contributed by atoms with Gasteiger partial charge in [0.1, 0.15) is 0 Å². The van der Waals surface area contributed by atoms with Crippen LogP contribution >= 0.6 is 11.6 Å². The molecule has 1 amide bonds. The average Bonchev–Trinajstić information content (AvgIpc) is 2.77. The van der Waals surface area contributed by atoms with Gasteiger partial charge < -0.3 is 10.6 Å². The molecule has 2 aromatic rings. The zero-order chi connectivity index (χ0) is 13.4. The fourth-order valence-electron chi connectivity index (χ4n) is 1.94. The van der Waals surface area contributed by atoms with E-state index in [1.54, 1.807) is 12.1 Å². The molecular formula is C12H8ClFN4O. The molecule has 2 heterocycles. The molecule has 1 aromatic carbocycles. The number of nitrogens with zero attached hydrogens (tertiary/aromatic N) is 2. The SMILES string of the molecule is O=C1NCc2cccc(Nc3nc(Cl)ncc3F)c21. The van der Waals surface area contributed by atoms with Crippen LogP contribution in [0.5, 0.6) is 0 Å². The number of benzene rings is 1. The zero-order valence-electron chi connectivity index (χ0n) is 9.58. The Bertz CT molecular complexity index is 677. The summed E-state index contributed by atoms with van der Waals surface area (Å²) in [6, 6.07) is 5.29. The van der Waals surface area contributed by atoms with Crippen molar-refractivity contribution in [2.24, 2.45) is 0 Å². The van der Waals surface area contributed by atoms with Crippen molar-refractivity contribution in [3.63, 3.8) is 0 Å². The first-order valence-corrected chi connectivity index (χ1v) is 5.88. The fraction of sp³-hybridized carbons (Fsp3) is 0.0833. The summed E-state index contributed by atoms with van der Waals surface area (Å²) in [7, 11) is 0. The minimum atomic E-state index is -0.639. The standard InChI is InChI=1S/C12H8ClFN4O/c13-12-16-5-7(14)10(18-12)17-8-3-1-2-6-4-15-11(19)9(6)8/h1-3,5H,4H2,(H,15,19)(H,16,17,18). The Morgan fingerprint density at radius 1 is 1.42 bits per heavy atom. The summed E-state index contributed by atoms with van der Waals surface area (Å²) in [6.45, 7) is 0.469. The third-order valence-corrected chi connectivity index (χ3v) is 2.97. The average molecular weight is 279 g/mol. The van der Waals surface area contributed by atoms with Crippen LogP contribution in [-0.4, -0.2) is 15.9 Å². The Hall–Kier alpha value is -2.21. The number of carbonyl (C=O) groups is 1. The van der Waals surface area contributed by atoms with Crippen LogP contribution in [-0.2, 0) is 6.54 Å². The van der Waals surface area contributed by atoms with E-state index in [0.717, 1.165) is 11.8 Å². The Morgan fingerprint density at radius 2 is 2.26 bits per heavy atom. The first-order valence-electron chi connectivity index (χ1n) is 5.50. The Morgan fingerprint density at radius 3 is 3.11 bits per heavy atom. The van der Waals surface area contributed by atoms with Crippen molar-refractivity contribution in [1.82, 2.24) is 15.3 Å². The zero-order valence-corrected chi connectivity index (χ0v) is 10.3. The van der Waals surface area contributed by atoms with Gasteiger partial charge in [0, 0.05) is 6.54 Å². The maximum Gasteiger partial charge on any atom is 0.254 e. The number of hydrogen-bond donors (Lipinski definition) is 2. The minimum absolute atomic E-state index is 0.0619. The lowest BCUT2D eigenvalue weighted by Crippen LogP contribution is -2.13. The quantitative estimate of drug-likeness (QED) is 0.827. The fourth-order valence-corrected chi connectivity index (χ4v) is 2.08. The van der Waals surface area contributed by atoms with Crippen LogP contribution in [0.2, 0.25) is 5.28 Å². The minimum Gasteiger partial charge on any atom is -0.348 e. The number of amides is 1. The molecule has 0 fully saturated rings. The summed E-state index contributed by atoms with van der Waals surface area (Å²) >= 11 is 5.62. The van der Waals surface area contributed by atoms with Gasteiger partial charge in [-0.15, -0.1) is 0 Å². The van der Waals surface area contributed by atoms with Crippen LogP contribution in [0.4, 0.5) is 15.9 Å². The second-order valence-electron chi connectivity index (χ2n) is 3.98. The maximum absolute atomic E-state index is 13.6. The summed E-state index contributed by atoms with van der Waals surface area (Å²) < 4.78 is 13.6. The van der Waals surface area contributed by atoms with Crippen LogP contribution in [0.15, 0.2) is 24.4 Å². The molecule has 96 valence electrons. The number of halogens is 2. The highest BCUT2D eigenvalue weighted by atomic mass is 35.5. The van der Waals surface area contributed by atoms with Crippen molar-refractivity contribution >= 4 is 29.0 Å². The van der Waals surface area contributed by atoms with E-state index >= 15 is 0 Å². The number of hydrogen-bond acceptors (Lipinski definition) is 4. The second-order valence-corrected chi connectivity index (χ2v) is 4.32. The lowest BCUT2D eigenvalue weighted by atomic mass is 10.1. The Kier molecular flexibility index (Phi) is 2.79. The molecular weight excluding hydrogens is 271 g/mol. The van der Waals surface area contributed by atoms with Gasteiger partial charge in [0.25, 0.3) is 5.91 Å². The maximum atomic E-state index is 13.6. The molecule has 0 aliphatic carbocycles. The molecule has 3 rings (SSSR count). The smallest absolute Gasteiger partial charge is 0.254 e. The van der Waals surface area contributed by atoms with Crippen molar-refractivity contribution in [3.8, 4) is 0 Å². The molecule has 19 heavy (non-hydrogen) atoms. The summed E-state index contributed by atoms with van der Waals surface area (Å²) in [5.74, 6) is -0.896. The molecule has 5 nitrogen and oxygen atoms in total. The van der Waals surface area contributed by atoms with Gasteiger partial charge in [0.15, 0.2) is 11.6 Å². The van der Waals surface area contributed by atoms with E-state index in [1.807, 2.05) is 6.07 Å². The van der Waals surface area contributed by atoms with Gasteiger partial charge in [0.2, 0.25) is 5.28 Å². The van der Waals surface area contributed by atoms with E-state index in [1.165, 1.54) is 0 Å². The Balaban J connectivity index is 2.03. The molecule has 0 spiro atoms. The molecule has 0 atom stereocenters. The van der Waals surface area contributed by atoms with E-state index in [4.69, 9.17) is 11.6 Å². The highest BCUT2D eigenvalue weighted by Gasteiger charge is 2.22. The summed E-state index contributed by atoms with van der Waals surface area (Å²) in [6.07, 6.45) is 0.973. The lowest BCUT2D eigenvalue weighted by Gasteiger charge is -2.09. The van der Waals surface area contributed by atoms with Crippen molar-refractivity contribution in [2.75, 3.05) is 5.32 Å². The number of aromatic nitrogens is 2. The highest BCUT2D eigenvalue weighted by molar-refractivity contribution is 6.28. The second kappa shape index (κ2) is 4.47. The first-order chi connectivity index (χ1) is 9.15. The molecule has 2 N–H and O–H groups in total. The van der Waals surface area contributed by atoms with Gasteiger partial charge >= 0.3 is 0 Å². The Labute approximate surface area is 112 Å². The van der Waals surface area contributed by atoms with Crippen LogP contribution in [0.25, 0.3) is 0 Å². The topological polar surface area (TPSA) is 66.9 Å². The van der Waals surface area contributed by atoms with Crippen molar-refractivity contribution < 1.29 is 9.18 Å². The van der Waals surface area contributed by atoms with Gasteiger partial charge in [0.05, 0.1) is 17.4 Å². The van der Waals surface area contributed by atoms with Crippen molar-refractivity contribution in [2.45, 2.75) is 6.54 Å². The van der Waals surface area contributed by atoms with Gasteiger partial charge in [-0.05, 0) is 23.2 Å². The predicted octanol–water partition coefficient (Wildman–Crippen LogP) is 2.26. The van der Waals surface area contributed by atoms with Crippen molar-refractivity contribution in [3.05, 3.63) is 46.6 Å². The third-order valence-electron chi connectivity index (χ3n) is 2.78. The lowest BCUT2D eigenvalue weighted by molar-refractivity contribution is 0.0966. The van der Waals surface area contributed by atoms with E-state index in [-0.39, 0.29) is 17.0 Å². The number of carbonyl (C=O) groups excluding carboxylic acids is 1. The highest BCUT2D eigenvalue weighted by Crippen LogP contribution is 2.27. The van der Waals surface area contributed by atoms with Crippen LogP contribution in [0.1, 0.15) is 15.9 Å².